The van der Waals surface area contributed by atoms with Crippen LogP contribution in [0.15, 0.2) is 58.5 Å². The zero-order valence-corrected chi connectivity index (χ0v) is 17.3. The number of amides is 1. The Kier molecular flexibility index (Phi) is 6.42. The maximum Gasteiger partial charge on any atom is 0.335 e. The minimum atomic E-state index is -1.08. The van der Waals surface area contributed by atoms with Crippen molar-refractivity contribution in [1.82, 2.24) is 5.43 Å². The van der Waals surface area contributed by atoms with E-state index in [1.54, 1.807) is 30.5 Å². The number of thioether (sulfide) groups is 1. The quantitative estimate of drug-likeness (QED) is 0.508. The number of carbonyl (C=O) groups is 3. The average Bonchev–Trinajstić information content (AvgIpc) is 3.09. The van der Waals surface area contributed by atoms with Crippen LogP contribution in [0.1, 0.15) is 38.5 Å². The summed E-state index contributed by atoms with van der Waals surface area (Å²) in [6, 6.07) is 10.5. The second-order valence-corrected chi connectivity index (χ2v) is 7.90. The van der Waals surface area contributed by atoms with Gasteiger partial charge in [0.2, 0.25) is 0 Å². The van der Waals surface area contributed by atoms with E-state index >= 15 is 0 Å². The van der Waals surface area contributed by atoms with E-state index in [0.717, 1.165) is 5.56 Å². The van der Waals surface area contributed by atoms with Gasteiger partial charge in [-0.3, -0.25) is 9.59 Å². The molecule has 0 fully saturated rings. The van der Waals surface area contributed by atoms with Crippen molar-refractivity contribution in [3.63, 3.8) is 0 Å². The van der Waals surface area contributed by atoms with Gasteiger partial charge in [-0.1, -0.05) is 29.3 Å². The highest BCUT2D eigenvalue weighted by atomic mass is 35.5. The minimum absolute atomic E-state index is 0.0771. The first-order valence-corrected chi connectivity index (χ1v) is 10.0. The molecule has 1 aliphatic heterocycles. The van der Waals surface area contributed by atoms with Crippen molar-refractivity contribution < 1.29 is 19.5 Å². The molecule has 1 unspecified atom stereocenters. The smallest absolute Gasteiger partial charge is 0.335 e. The number of halogens is 2. The molecule has 0 aromatic heterocycles. The van der Waals surface area contributed by atoms with E-state index in [0.29, 0.717) is 21.3 Å². The van der Waals surface area contributed by atoms with Gasteiger partial charge in [0.15, 0.2) is 5.78 Å². The van der Waals surface area contributed by atoms with E-state index in [4.69, 9.17) is 28.3 Å². The van der Waals surface area contributed by atoms with Gasteiger partial charge in [0.1, 0.15) is 0 Å². The summed E-state index contributed by atoms with van der Waals surface area (Å²) in [5.41, 5.74) is 4.20. The molecule has 1 aliphatic rings. The molecule has 0 aliphatic carbocycles. The van der Waals surface area contributed by atoms with Crippen LogP contribution in [0.3, 0.4) is 0 Å². The number of rotatable bonds is 5. The molecule has 2 N–H and O–H groups in total. The van der Waals surface area contributed by atoms with Crippen LogP contribution in [0.2, 0.25) is 10.0 Å². The van der Waals surface area contributed by atoms with Crippen molar-refractivity contribution in [3.8, 4) is 0 Å². The van der Waals surface area contributed by atoms with Crippen LogP contribution < -0.4 is 5.43 Å². The van der Waals surface area contributed by atoms with E-state index in [1.165, 1.54) is 36.0 Å². The van der Waals surface area contributed by atoms with Crippen LogP contribution >= 0.6 is 35.0 Å². The van der Waals surface area contributed by atoms with Crippen molar-refractivity contribution in [2.24, 2.45) is 5.10 Å². The van der Waals surface area contributed by atoms with Gasteiger partial charge in [-0.25, -0.2) is 10.2 Å². The summed E-state index contributed by atoms with van der Waals surface area (Å²) < 4.78 is 0. The molecule has 1 heterocycles. The number of hydrazone groups is 1. The Hall–Kier alpha value is -2.61. The topological polar surface area (TPSA) is 95.8 Å². The number of benzene rings is 2. The number of carboxylic acids is 1. The number of aromatic carboxylic acids is 1. The average molecular weight is 449 g/mol. The summed E-state index contributed by atoms with van der Waals surface area (Å²) in [5, 5.41) is 14.9. The third-order valence-corrected chi connectivity index (χ3v) is 6.05. The SMILES string of the molecule is C/C(=N\NC(=O)c1ccc(C(=O)O)cc1)C1=CSC(c2ccc(Cl)c(Cl)c2)C1=O. The van der Waals surface area contributed by atoms with Crippen LogP contribution in [-0.2, 0) is 4.79 Å². The normalized spacial score (nSPS) is 16.5. The van der Waals surface area contributed by atoms with Crippen molar-refractivity contribution in [2.45, 2.75) is 12.2 Å². The fourth-order valence-electron chi connectivity index (χ4n) is 2.59. The molecule has 0 radical (unpaired) electrons. The summed E-state index contributed by atoms with van der Waals surface area (Å²) in [5.74, 6) is -1.73. The molecular formula is C20H14Cl2N2O4S. The number of hydrogen-bond donors (Lipinski definition) is 2. The Labute approximate surface area is 180 Å². The lowest BCUT2D eigenvalue weighted by atomic mass is 10.0. The van der Waals surface area contributed by atoms with Crippen LogP contribution in [-0.4, -0.2) is 28.5 Å². The molecular weight excluding hydrogens is 435 g/mol. The molecule has 6 nitrogen and oxygen atoms in total. The summed E-state index contributed by atoms with van der Waals surface area (Å²) in [6.45, 7) is 1.62. The number of Topliss-reactive ketones (excluding diaryl/α,β-unsaturated/α-hetero) is 1. The molecule has 2 aromatic rings. The lowest BCUT2D eigenvalue weighted by molar-refractivity contribution is -0.114. The predicted molar refractivity (Wildman–Crippen MR) is 114 cm³/mol. The van der Waals surface area contributed by atoms with E-state index in [9.17, 15) is 14.4 Å². The summed E-state index contributed by atoms with van der Waals surface area (Å²) in [7, 11) is 0. The molecule has 0 spiro atoms. The second kappa shape index (κ2) is 8.82. The number of nitrogens with one attached hydrogen (secondary N) is 1. The highest BCUT2D eigenvalue weighted by Crippen LogP contribution is 2.41. The molecule has 1 atom stereocenters. The molecule has 9 heteroatoms. The number of hydrogen-bond acceptors (Lipinski definition) is 5. The van der Waals surface area contributed by atoms with Crippen molar-refractivity contribution >= 4 is 58.3 Å². The highest BCUT2D eigenvalue weighted by molar-refractivity contribution is 8.03. The maximum atomic E-state index is 12.7. The Bertz CT molecular complexity index is 1060. The van der Waals surface area contributed by atoms with Crippen LogP contribution in [0, 0.1) is 0 Å². The number of nitrogens with zero attached hydrogens (tertiary/aromatic N) is 1. The van der Waals surface area contributed by atoms with Crippen molar-refractivity contribution in [3.05, 3.63) is 80.2 Å². The lowest BCUT2D eigenvalue weighted by Crippen LogP contribution is -2.21. The predicted octanol–water partition coefficient (Wildman–Crippen LogP) is 4.74. The van der Waals surface area contributed by atoms with Gasteiger partial charge in [-0.05, 0) is 54.3 Å². The molecule has 0 saturated carbocycles. The number of ketones is 1. The summed E-state index contributed by atoms with van der Waals surface area (Å²) in [6.07, 6.45) is 0. The molecule has 2 aromatic carbocycles. The fourth-order valence-corrected chi connectivity index (χ4v) is 4.01. The number of allylic oxidation sites excluding steroid dienone is 1. The number of carboxylic acid groups (broad SMARTS) is 1. The second-order valence-electron chi connectivity index (χ2n) is 6.11. The lowest BCUT2D eigenvalue weighted by Gasteiger charge is -2.10. The van der Waals surface area contributed by atoms with Gasteiger partial charge in [0.25, 0.3) is 5.91 Å². The van der Waals surface area contributed by atoms with Crippen LogP contribution in [0.25, 0.3) is 0 Å². The minimum Gasteiger partial charge on any atom is -0.478 e. The monoisotopic (exact) mass is 448 g/mol. The summed E-state index contributed by atoms with van der Waals surface area (Å²) in [4.78, 5) is 35.8. The zero-order chi connectivity index (χ0) is 21.1. The van der Waals surface area contributed by atoms with Gasteiger partial charge < -0.3 is 5.11 Å². The standard InChI is InChI=1S/C20H14Cl2N2O4S/c1-10(23-24-19(26)11-2-4-12(5-3-11)20(27)28)14-9-29-18(17(14)25)13-6-7-15(21)16(22)8-13/h2-9,18H,1H3,(H,24,26)(H,27,28)/b23-10+. The van der Waals surface area contributed by atoms with E-state index in [2.05, 4.69) is 10.5 Å². The largest absolute Gasteiger partial charge is 0.478 e. The molecule has 0 bridgehead atoms. The van der Waals surface area contributed by atoms with Crippen LogP contribution in [0.4, 0.5) is 0 Å². The molecule has 29 heavy (non-hydrogen) atoms. The maximum absolute atomic E-state index is 12.7. The van der Waals surface area contributed by atoms with Crippen LogP contribution in [0.5, 0.6) is 0 Å². The first-order chi connectivity index (χ1) is 13.8. The zero-order valence-electron chi connectivity index (χ0n) is 15.0. The van der Waals surface area contributed by atoms with Crippen molar-refractivity contribution in [2.75, 3.05) is 0 Å². The summed E-state index contributed by atoms with van der Waals surface area (Å²) >= 11 is 13.3. The molecule has 0 saturated heterocycles. The van der Waals surface area contributed by atoms with Gasteiger partial charge in [-0.2, -0.15) is 5.10 Å². The van der Waals surface area contributed by atoms with E-state index in [1.807, 2.05) is 0 Å². The third-order valence-electron chi connectivity index (χ3n) is 4.18. The van der Waals surface area contributed by atoms with Gasteiger partial charge in [0, 0.05) is 11.1 Å². The van der Waals surface area contributed by atoms with E-state index < -0.39 is 17.1 Å². The number of carbonyl (C=O) groups excluding carboxylic acids is 2. The van der Waals surface area contributed by atoms with Gasteiger partial charge >= 0.3 is 5.97 Å². The van der Waals surface area contributed by atoms with Gasteiger partial charge in [-0.15, -0.1) is 11.8 Å². The van der Waals surface area contributed by atoms with Crippen molar-refractivity contribution in [1.29, 1.82) is 0 Å². The first-order valence-electron chi connectivity index (χ1n) is 8.31. The first kappa shape index (κ1) is 21.1. The molecule has 3 rings (SSSR count). The van der Waals surface area contributed by atoms with E-state index in [-0.39, 0.29) is 16.9 Å². The highest BCUT2D eigenvalue weighted by Gasteiger charge is 2.31. The third kappa shape index (κ3) is 4.70. The Balaban J connectivity index is 1.68. The Morgan fingerprint density at radius 1 is 1.07 bits per heavy atom. The molecule has 1 amide bonds. The Morgan fingerprint density at radius 2 is 1.72 bits per heavy atom. The molecule has 148 valence electrons. The fraction of sp³-hybridized carbons (Fsp3) is 0.100. The van der Waals surface area contributed by atoms with Gasteiger partial charge in [0.05, 0.1) is 26.6 Å². The Morgan fingerprint density at radius 3 is 2.34 bits per heavy atom.